The van der Waals surface area contributed by atoms with Crippen molar-refractivity contribution in [1.82, 2.24) is 0 Å². The first-order valence-corrected chi connectivity index (χ1v) is 10.4. The third-order valence-electron chi connectivity index (χ3n) is 5.93. The molecule has 0 aliphatic carbocycles. The fraction of sp³-hybridized carbons (Fsp3) is 0. The first kappa shape index (κ1) is 33.2. The van der Waals surface area contributed by atoms with Crippen molar-refractivity contribution in [3.8, 4) is 0 Å². The van der Waals surface area contributed by atoms with Crippen LogP contribution in [-0.2, 0) is 0 Å². The maximum atomic E-state index is 6.37. The molecular formula is B30S. The standard InChI is InChI=1S/B30S/c1-17(2)24(15)29(26(18(3)4)19(5)6)25(16-31)30(27(20(7)8)21(9)10)28(22(11)12)23(13)14. The molecule has 0 amide bonds. The molecule has 0 unspecified atom stereocenters. The molecule has 0 spiro atoms. The maximum absolute atomic E-state index is 6.37. The van der Waals surface area contributed by atoms with E-state index >= 15 is 0 Å². The van der Waals surface area contributed by atoms with Crippen LogP contribution in [0.5, 0.6) is 0 Å². The average Bonchev–Trinajstić information content (AvgIpc) is 2.58. The minimum atomic E-state index is -1.03. The van der Waals surface area contributed by atoms with E-state index in [2.05, 4.69) is 0 Å². The average molecular weight is 356 g/mol. The molecule has 0 aliphatic heterocycles. The van der Waals surface area contributed by atoms with Gasteiger partial charge in [-0.05, 0) is 0 Å². The summed E-state index contributed by atoms with van der Waals surface area (Å²) in [6.45, 7) is 0. The SMILES string of the molecule is [B]B([B])B([B])B(B(B=S)B(B(B([B])[B])B([B])[B])B(B([B])[B])B([B])[B])B(B([B])[B])B([B])[B]. The Morgan fingerprint density at radius 1 is 0.355 bits per heavy atom. The van der Waals surface area contributed by atoms with Crippen molar-refractivity contribution in [2.75, 3.05) is 0 Å². The zero-order valence-corrected chi connectivity index (χ0v) is 18.5. The van der Waals surface area contributed by atoms with Crippen molar-refractivity contribution in [2.45, 2.75) is 0 Å². The molecule has 0 saturated heterocycles. The molecule has 0 bridgehead atoms. The number of rotatable bonds is 14. The molecule has 96 valence electrons. The van der Waals surface area contributed by atoms with Crippen LogP contribution in [0.3, 0.4) is 0 Å². The van der Waals surface area contributed by atoms with Gasteiger partial charge in [0.15, 0.2) is 0 Å². The summed E-state index contributed by atoms with van der Waals surface area (Å²) < 4.78 is 0. The van der Waals surface area contributed by atoms with Crippen LogP contribution in [0.15, 0.2) is 0 Å². The van der Waals surface area contributed by atoms with Crippen LogP contribution in [0, 0.1) is 0 Å². The first-order valence-electron chi connectivity index (χ1n) is 9.90. The zero-order valence-electron chi connectivity index (χ0n) is 17.7. The van der Waals surface area contributed by atoms with E-state index in [4.69, 9.17) is 128 Å². The molecule has 0 atom stereocenters. The fourth-order valence-electron chi connectivity index (χ4n) is 4.54. The van der Waals surface area contributed by atoms with Crippen molar-refractivity contribution in [3.63, 3.8) is 0 Å². The van der Waals surface area contributed by atoms with Crippen molar-refractivity contribution in [1.29, 1.82) is 0 Å². The van der Waals surface area contributed by atoms with Crippen LogP contribution in [0.25, 0.3) is 0 Å². The van der Waals surface area contributed by atoms with Crippen LogP contribution < -0.4 is 0 Å². The van der Waals surface area contributed by atoms with E-state index in [1.807, 2.05) is 0 Å². The summed E-state index contributed by atoms with van der Waals surface area (Å²) in [4.78, 5) is 0. The molecule has 0 fully saturated rings. The molecule has 31 heavy (non-hydrogen) atoms. The van der Waals surface area contributed by atoms with Gasteiger partial charge in [-0.1, -0.05) is 0 Å². The Morgan fingerprint density at radius 3 is 0.806 bits per heavy atom. The van der Waals surface area contributed by atoms with Crippen molar-refractivity contribution >= 4 is 224 Å². The fourth-order valence-corrected chi connectivity index (χ4v) is 4.91. The van der Waals surface area contributed by atoms with Gasteiger partial charge >= 0.3 is 224 Å². The topological polar surface area (TPSA) is 0 Å². The van der Waals surface area contributed by atoms with E-state index in [0.717, 1.165) is 0 Å². The van der Waals surface area contributed by atoms with Gasteiger partial charge in [0.05, 0.1) is 0 Å². The summed E-state index contributed by atoms with van der Waals surface area (Å²) in [5, 5.41) is 0. The summed E-state index contributed by atoms with van der Waals surface area (Å²) >= 11 is 5.36. The van der Waals surface area contributed by atoms with E-state index < -0.39 is 89.4 Å². The molecule has 0 nitrogen and oxygen atoms in total. The Hall–Kier alpha value is 2.17. The van der Waals surface area contributed by atoms with Crippen molar-refractivity contribution in [2.24, 2.45) is 0 Å². The molecular weight excluding hydrogens is 356 g/mol. The van der Waals surface area contributed by atoms with Gasteiger partial charge in [0.1, 0.15) is 0 Å². The molecule has 0 aromatic rings. The molecule has 31 heteroatoms. The molecule has 30 radical (unpaired) electrons. The van der Waals surface area contributed by atoms with Crippen LogP contribution in [-0.4, -0.2) is 211 Å². The Labute approximate surface area is 222 Å². The molecule has 0 N–H and O–H groups in total. The van der Waals surface area contributed by atoms with Gasteiger partial charge in [0.2, 0.25) is 0 Å². The summed E-state index contributed by atoms with van der Waals surface area (Å²) in [6, 6.07) is 1.39. The van der Waals surface area contributed by atoms with Gasteiger partial charge < -0.3 is 0 Å². The number of hydrogen-bond acceptors (Lipinski definition) is 1. The Bertz CT molecular complexity index is 441. The van der Waals surface area contributed by atoms with Gasteiger partial charge in [-0.2, -0.15) is 0 Å². The van der Waals surface area contributed by atoms with E-state index in [1.54, 1.807) is 0 Å². The molecule has 0 rings (SSSR count). The second-order valence-corrected chi connectivity index (χ2v) is 8.49. The quantitative estimate of drug-likeness (QED) is 0.279. The van der Waals surface area contributed by atoms with Crippen LogP contribution >= 0.6 is 12.1 Å². The summed E-state index contributed by atoms with van der Waals surface area (Å²) in [5.41, 5.74) is 0. The van der Waals surface area contributed by atoms with Crippen LogP contribution in [0.2, 0.25) is 0 Å². The predicted molar refractivity (Wildman–Crippen MR) is 180 cm³/mol. The molecule has 0 saturated carbocycles. The van der Waals surface area contributed by atoms with Gasteiger partial charge in [0, 0.05) is 0 Å². The summed E-state index contributed by atoms with van der Waals surface area (Å²) in [5.74, 6) is 0. The Balaban J connectivity index is 7.00. The summed E-state index contributed by atoms with van der Waals surface area (Å²) in [7, 11) is 90.4. The summed E-state index contributed by atoms with van der Waals surface area (Å²) in [6.07, 6.45) is -12.8. The first-order chi connectivity index (χ1) is 14.1. The normalized spacial score (nSPS) is 9.29. The van der Waals surface area contributed by atoms with Gasteiger partial charge in [0.25, 0.3) is 0 Å². The number of hydrogen-bond donors (Lipinski definition) is 0. The van der Waals surface area contributed by atoms with Crippen molar-refractivity contribution in [3.05, 3.63) is 0 Å². The molecule has 0 heterocycles. The van der Waals surface area contributed by atoms with E-state index in [1.165, 1.54) is 6.05 Å². The Kier molecular flexibility index (Phi) is 16.4. The van der Waals surface area contributed by atoms with Gasteiger partial charge in [-0.25, -0.2) is 0 Å². The van der Waals surface area contributed by atoms with Gasteiger partial charge in [-0.3, -0.25) is 0 Å². The molecule has 0 aromatic heterocycles. The Morgan fingerprint density at radius 2 is 0.613 bits per heavy atom. The van der Waals surface area contributed by atoms with Crippen LogP contribution in [0.1, 0.15) is 0 Å². The van der Waals surface area contributed by atoms with E-state index in [-0.39, 0.29) is 0 Å². The minimum absolute atomic E-state index is 0.753. The third kappa shape index (κ3) is 9.28. The second kappa shape index (κ2) is 15.3. The van der Waals surface area contributed by atoms with E-state index in [9.17, 15) is 0 Å². The zero-order chi connectivity index (χ0) is 24.8. The van der Waals surface area contributed by atoms with Crippen molar-refractivity contribution < 1.29 is 0 Å². The third-order valence-corrected chi connectivity index (χ3v) is 6.25. The second-order valence-electron chi connectivity index (χ2n) is 8.22. The predicted octanol–water partition coefficient (Wildman–Crippen LogP) is -10.8. The van der Waals surface area contributed by atoms with E-state index in [0.29, 0.717) is 0 Å². The van der Waals surface area contributed by atoms with Crippen LogP contribution in [0.4, 0.5) is 0 Å². The monoisotopic (exact) mass is 362 g/mol. The van der Waals surface area contributed by atoms with Gasteiger partial charge in [-0.15, -0.1) is 0 Å². The molecule has 0 aliphatic rings. The molecule has 0 aromatic carbocycles.